The lowest BCUT2D eigenvalue weighted by atomic mass is 10.1. The highest BCUT2D eigenvalue weighted by atomic mass is 16.5. The van der Waals surface area contributed by atoms with Crippen LogP contribution in [0.5, 0.6) is 0 Å². The zero-order chi connectivity index (χ0) is 13.9. The Morgan fingerprint density at radius 1 is 1.40 bits per heavy atom. The number of aromatic amines is 1. The first kappa shape index (κ1) is 12.7. The smallest absolute Gasteiger partial charge is 0.328 e. The van der Waals surface area contributed by atoms with Gasteiger partial charge in [0.15, 0.2) is 0 Å². The van der Waals surface area contributed by atoms with Gasteiger partial charge in [0, 0.05) is 29.9 Å². The molecule has 2 heterocycles. The van der Waals surface area contributed by atoms with Crippen LogP contribution in [0.1, 0.15) is 18.4 Å². The number of aromatic nitrogens is 1. The number of benzene rings is 1. The maximum absolute atomic E-state index is 11.8. The number of esters is 1. The van der Waals surface area contributed by atoms with E-state index in [9.17, 15) is 9.59 Å². The zero-order valence-electron chi connectivity index (χ0n) is 11.0. The number of para-hydroxylation sites is 1. The summed E-state index contributed by atoms with van der Waals surface area (Å²) in [5.74, 6) is -0.440. The van der Waals surface area contributed by atoms with Crippen LogP contribution in [-0.4, -0.2) is 29.5 Å². The molecule has 2 aromatic rings. The van der Waals surface area contributed by atoms with Gasteiger partial charge in [0.25, 0.3) is 0 Å². The second kappa shape index (κ2) is 5.36. The number of hydrogen-bond acceptors (Lipinski definition) is 3. The molecule has 0 aliphatic carbocycles. The van der Waals surface area contributed by atoms with Crippen molar-refractivity contribution in [2.45, 2.75) is 25.3 Å². The highest BCUT2D eigenvalue weighted by Gasteiger charge is 2.27. The van der Waals surface area contributed by atoms with Crippen molar-refractivity contribution in [3.05, 3.63) is 36.0 Å². The van der Waals surface area contributed by atoms with Gasteiger partial charge in [-0.15, -0.1) is 0 Å². The summed E-state index contributed by atoms with van der Waals surface area (Å²) in [6.45, 7) is 0.395. The van der Waals surface area contributed by atoms with Gasteiger partial charge in [-0.05, 0) is 18.1 Å². The lowest BCUT2D eigenvalue weighted by Crippen LogP contribution is -2.37. The molecule has 0 bridgehead atoms. The van der Waals surface area contributed by atoms with Gasteiger partial charge in [-0.2, -0.15) is 0 Å². The van der Waals surface area contributed by atoms with E-state index in [0.29, 0.717) is 25.9 Å². The molecule has 104 valence electrons. The first-order valence-electron chi connectivity index (χ1n) is 6.75. The average molecular weight is 272 g/mol. The van der Waals surface area contributed by atoms with Crippen molar-refractivity contribution in [3.63, 3.8) is 0 Å². The van der Waals surface area contributed by atoms with E-state index in [1.165, 1.54) is 0 Å². The fraction of sp³-hybridized carbons (Fsp3) is 0.333. The third-order valence-electron chi connectivity index (χ3n) is 3.57. The van der Waals surface area contributed by atoms with Crippen molar-refractivity contribution in [1.29, 1.82) is 0 Å². The molecule has 0 spiro atoms. The third kappa shape index (κ3) is 2.52. The number of fused-ring (bicyclic) bond motifs is 1. The predicted octanol–water partition coefficient (Wildman–Crippen LogP) is 1.53. The molecule has 5 heteroatoms. The first-order chi connectivity index (χ1) is 9.74. The lowest BCUT2D eigenvalue weighted by Gasteiger charge is -2.08. The number of cyclic esters (lactones) is 1. The molecular formula is C15H16N2O3. The highest BCUT2D eigenvalue weighted by Crippen LogP contribution is 2.19. The summed E-state index contributed by atoms with van der Waals surface area (Å²) in [5.41, 5.74) is 2.19. The minimum absolute atomic E-state index is 0.112. The van der Waals surface area contributed by atoms with Gasteiger partial charge < -0.3 is 15.0 Å². The maximum Gasteiger partial charge on any atom is 0.328 e. The Morgan fingerprint density at radius 3 is 3.05 bits per heavy atom. The average Bonchev–Trinajstić information content (AvgIpc) is 3.04. The minimum Gasteiger partial charge on any atom is -0.464 e. The van der Waals surface area contributed by atoms with Crippen LogP contribution in [0.4, 0.5) is 0 Å². The number of ether oxygens (including phenoxy) is 1. The minimum atomic E-state index is -0.467. The van der Waals surface area contributed by atoms with E-state index in [1.54, 1.807) is 0 Å². The molecule has 1 aromatic carbocycles. The molecule has 0 radical (unpaired) electrons. The van der Waals surface area contributed by atoms with Gasteiger partial charge in [-0.25, -0.2) is 4.79 Å². The second-order valence-corrected chi connectivity index (χ2v) is 4.94. The van der Waals surface area contributed by atoms with Crippen molar-refractivity contribution in [2.24, 2.45) is 0 Å². The monoisotopic (exact) mass is 272 g/mol. The number of carbonyl (C=O) groups excluding carboxylic acids is 2. The molecular weight excluding hydrogens is 256 g/mol. The molecule has 2 N–H and O–H groups in total. The number of H-pyrrole nitrogens is 1. The Morgan fingerprint density at radius 2 is 2.25 bits per heavy atom. The Kier molecular flexibility index (Phi) is 3.41. The number of nitrogens with one attached hydrogen (secondary N) is 2. The highest BCUT2D eigenvalue weighted by molar-refractivity contribution is 5.86. The van der Waals surface area contributed by atoms with Crippen LogP contribution in [-0.2, 0) is 20.7 Å². The van der Waals surface area contributed by atoms with Crippen LogP contribution in [0, 0.1) is 0 Å². The van der Waals surface area contributed by atoms with E-state index >= 15 is 0 Å². The zero-order valence-corrected chi connectivity index (χ0v) is 11.0. The maximum atomic E-state index is 11.8. The topological polar surface area (TPSA) is 71.2 Å². The van der Waals surface area contributed by atoms with Crippen LogP contribution in [0.15, 0.2) is 30.5 Å². The van der Waals surface area contributed by atoms with Gasteiger partial charge in [0.05, 0.1) is 6.61 Å². The molecule has 5 nitrogen and oxygen atoms in total. The van der Waals surface area contributed by atoms with Crippen molar-refractivity contribution in [2.75, 3.05) is 6.61 Å². The standard InChI is InChI=1S/C15H16N2O3/c18-14(17-13-7-8-20-15(13)19)6-5-10-9-16-12-4-2-1-3-11(10)12/h1-4,9,13,16H,5-8H2,(H,17,18)/t13-/m0/s1. The molecule has 1 saturated heterocycles. The molecule has 1 aromatic heterocycles. The van der Waals surface area contributed by atoms with Crippen LogP contribution >= 0.6 is 0 Å². The summed E-state index contributed by atoms with van der Waals surface area (Å²) in [5, 5.41) is 3.85. The van der Waals surface area contributed by atoms with E-state index in [0.717, 1.165) is 16.5 Å². The number of hydrogen-bond donors (Lipinski definition) is 2. The molecule has 3 rings (SSSR count). The molecule has 1 fully saturated rings. The first-order valence-corrected chi connectivity index (χ1v) is 6.75. The summed E-state index contributed by atoms with van der Waals surface area (Å²) in [6, 6.07) is 7.53. The summed E-state index contributed by atoms with van der Waals surface area (Å²) in [4.78, 5) is 26.3. The number of carbonyl (C=O) groups is 2. The van der Waals surface area contributed by atoms with E-state index < -0.39 is 6.04 Å². The predicted molar refractivity (Wildman–Crippen MR) is 74.1 cm³/mol. The molecule has 1 aliphatic rings. The van der Waals surface area contributed by atoms with Gasteiger partial charge in [-0.1, -0.05) is 18.2 Å². The van der Waals surface area contributed by atoms with Crippen molar-refractivity contribution in [3.8, 4) is 0 Å². The van der Waals surface area contributed by atoms with Gasteiger partial charge in [-0.3, -0.25) is 4.79 Å². The lowest BCUT2D eigenvalue weighted by molar-refractivity contribution is -0.141. The molecule has 0 unspecified atom stereocenters. The van der Waals surface area contributed by atoms with Crippen LogP contribution < -0.4 is 5.32 Å². The van der Waals surface area contributed by atoms with E-state index in [2.05, 4.69) is 10.3 Å². The molecule has 1 aliphatic heterocycles. The van der Waals surface area contributed by atoms with Gasteiger partial charge in [0.1, 0.15) is 6.04 Å². The summed E-state index contributed by atoms with van der Waals surface area (Å²) in [6.07, 6.45) is 3.52. The van der Waals surface area contributed by atoms with E-state index in [4.69, 9.17) is 4.74 Å². The van der Waals surface area contributed by atoms with Crippen molar-refractivity contribution in [1.82, 2.24) is 10.3 Å². The van der Waals surface area contributed by atoms with E-state index in [-0.39, 0.29) is 11.9 Å². The van der Waals surface area contributed by atoms with Crippen LogP contribution in [0.25, 0.3) is 10.9 Å². The Bertz CT molecular complexity index is 647. The number of aryl methyl sites for hydroxylation is 1. The van der Waals surface area contributed by atoms with Gasteiger partial charge in [0.2, 0.25) is 5.91 Å². The fourth-order valence-corrected chi connectivity index (χ4v) is 2.48. The third-order valence-corrected chi connectivity index (χ3v) is 3.57. The fourth-order valence-electron chi connectivity index (χ4n) is 2.48. The van der Waals surface area contributed by atoms with Crippen molar-refractivity contribution < 1.29 is 14.3 Å². The summed E-state index contributed by atoms with van der Waals surface area (Å²) in [7, 11) is 0. The summed E-state index contributed by atoms with van der Waals surface area (Å²) < 4.78 is 4.82. The normalized spacial score (nSPS) is 18.2. The van der Waals surface area contributed by atoms with Crippen LogP contribution in [0.3, 0.4) is 0 Å². The number of rotatable bonds is 4. The van der Waals surface area contributed by atoms with Gasteiger partial charge >= 0.3 is 5.97 Å². The SMILES string of the molecule is O=C(CCc1c[nH]c2ccccc12)N[C@H]1CCOC1=O. The molecule has 1 amide bonds. The Hall–Kier alpha value is -2.30. The van der Waals surface area contributed by atoms with E-state index in [1.807, 2.05) is 30.5 Å². The molecule has 1 atom stereocenters. The summed E-state index contributed by atoms with van der Waals surface area (Å²) >= 11 is 0. The number of amides is 1. The Labute approximate surface area is 116 Å². The quantitative estimate of drug-likeness (QED) is 0.829. The van der Waals surface area contributed by atoms with Crippen molar-refractivity contribution >= 4 is 22.8 Å². The van der Waals surface area contributed by atoms with Crippen LogP contribution in [0.2, 0.25) is 0 Å². The largest absolute Gasteiger partial charge is 0.464 e. The molecule has 20 heavy (non-hydrogen) atoms. The second-order valence-electron chi connectivity index (χ2n) is 4.94. The Balaban J connectivity index is 1.59. The molecule has 0 saturated carbocycles.